The zero-order valence-electron chi connectivity index (χ0n) is 82.8. The van der Waals surface area contributed by atoms with Crippen LogP contribution in [0.5, 0.6) is 46.0 Å². The van der Waals surface area contributed by atoms with E-state index in [0.29, 0.717) is 108 Å². The molecule has 0 aliphatic heterocycles. The number of rotatable bonds is 82. The van der Waals surface area contributed by atoms with Crippen LogP contribution in [-0.2, 0) is 33.6 Å². The van der Waals surface area contributed by atoms with Crippen molar-refractivity contribution >= 4 is 78.1 Å². The van der Waals surface area contributed by atoms with Gasteiger partial charge in [0.25, 0.3) is 11.8 Å². The van der Waals surface area contributed by atoms with E-state index in [0.717, 1.165) is 89.9 Å². The van der Waals surface area contributed by atoms with Crippen molar-refractivity contribution in [3.8, 4) is 46.0 Å². The van der Waals surface area contributed by atoms with Crippen LogP contribution in [0.2, 0.25) is 0 Å². The highest BCUT2D eigenvalue weighted by molar-refractivity contribution is 5.96. The Balaban J connectivity index is 1.72. The van der Waals surface area contributed by atoms with E-state index in [4.69, 9.17) is 60.8 Å². The van der Waals surface area contributed by atoms with Gasteiger partial charge >= 0.3 is 0 Å². The molecule has 0 fully saturated rings. The molecule has 754 valence electrons. The average molecular weight is 1880 g/mol. The third kappa shape index (κ3) is 53.0. The SMILES string of the molecule is CCCCCCCCCCCCOc1c(/C=N/NC(=O)CC[C@H](NC(=O)CC[C@H](NC(=O)[C@H](CCCCN=C(N)N)N=C(N)N)C(=O)N[C@@H](CCC(=O)N/N=C/c2cccc(OC)c2OCCCCCCCCCCCC)C(=O)N/N=C/c2cccc(OC)c2OCCCCCCCCCCCC)C(=O)N/N=C/c2cccc(OC)c2OCCCCCCCCCCCC)cccc1OC. The predicted octanol–water partition coefficient (Wildman–Crippen LogP) is 17.7. The van der Waals surface area contributed by atoms with Gasteiger partial charge in [0, 0.05) is 48.1 Å². The molecule has 0 saturated carbocycles. The predicted molar refractivity (Wildman–Crippen MR) is 542 cm³/mol. The van der Waals surface area contributed by atoms with E-state index in [1.807, 2.05) is 0 Å². The summed E-state index contributed by atoms with van der Waals surface area (Å²) in [6.07, 6.45) is 49.9. The third-order valence-electron chi connectivity index (χ3n) is 23.1. The van der Waals surface area contributed by atoms with Gasteiger partial charge in [-0.3, -0.25) is 38.6 Å². The Labute approximate surface area is 805 Å². The number of nitrogens with one attached hydrogen (secondary N) is 7. The molecule has 15 N–H and O–H groups in total. The van der Waals surface area contributed by atoms with E-state index < -0.39 is 90.7 Å². The van der Waals surface area contributed by atoms with Crippen LogP contribution in [0.3, 0.4) is 0 Å². The molecule has 0 radical (unpaired) electrons. The van der Waals surface area contributed by atoms with Crippen LogP contribution in [0.15, 0.2) is 103 Å². The summed E-state index contributed by atoms with van der Waals surface area (Å²) in [5.74, 6) is -2.78. The number of unbranched alkanes of at least 4 members (excludes halogenated alkanes) is 37. The van der Waals surface area contributed by atoms with Crippen LogP contribution in [0, 0.1) is 0 Å². The van der Waals surface area contributed by atoms with E-state index in [1.165, 1.54) is 213 Å². The Morgan fingerprint density at radius 2 is 0.563 bits per heavy atom. The summed E-state index contributed by atoms with van der Waals surface area (Å²) < 4.78 is 48.0. The fourth-order valence-corrected chi connectivity index (χ4v) is 15.3. The fourth-order valence-electron chi connectivity index (χ4n) is 15.3. The number of carbonyl (C=O) groups is 7. The molecule has 32 heteroatoms. The van der Waals surface area contributed by atoms with Gasteiger partial charge in [0.1, 0.15) is 24.2 Å². The van der Waals surface area contributed by atoms with Gasteiger partial charge in [-0.25, -0.2) is 26.7 Å². The van der Waals surface area contributed by atoms with Gasteiger partial charge in [-0.05, 0) is 113 Å². The Morgan fingerprint density at radius 1 is 0.296 bits per heavy atom. The fraction of sp³-hybridized carbons (Fsp3) is 0.641. The van der Waals surface area contributed by atoms with E-state index in [1.54, 1.807) is 79.9 Å². The van der Waals surface area contributed by atoms with Crippen molar-refractivity contribution in [2.75, 3.05) is 61.4 Å². The first-order valence-corrected chi connectivity index (χ1v) is 50.4. The lowest BCUT2D eigenvalue weighted by Crippen LogP contribution is -2.55. The van der Waals surface area contributed by atoms with Gasteiger partial charge in [0.05, 0.1) is 79.7 Å². The van der Waals surface area contributed by atoms with Crippen LogP contribution < -0.4 is 98.5 Å². The second kappa shape index (κ2) is 76.0. The van der Waals surface area contributed by atoms with Crippen molar-refractivity contribution in [3.05, 3.63) is 95.1 Å². The number of para-hydroxylation sites is 4. The Morgan fingerprint density at radius 3 is 0.852 bits per heavy atom. The van der Waals surface area contributed by atoms with Gasteiger partial charge in [-0.15, -0.1) is 0 Å². The number of hydrogen-bond donors (Lipinski definition) is 11. The number of carbonyl (C=O) groups excluding carboxylic acids is 7. The number of guanidine groups is 2. The molecule has 0 aliphatic rings. The minimum absolute atomic E-state index is 0.0315. The maximum absolute atomic E-state index is 15.3. The lowest BCUT2D eigenvalue weighted by atomic mass is 10.0. The summed E-state index contributed by atoms with van der Waals surface area (Å²) in [7, 11) is 6.12. The number of amides is 7. The largest absolute Gasteiger partial charge is 0.493 e. The molecule has 32 nitrogen and oxygen atoms in total. The quantitative estimate of drug-likeness (QED) is 0.00846. The van der Waals surface area contributed by atoms with Crippen LogP contribution in [0.4, 0.5) is 0 Å². The number of methoxy groups -OCH3 is 4. The van der Waals surface area contributed by atoms with Crippen LogP contribution in [-0.4, -0.2) is 164 Å². The molecule has 4 aromatic rings. The second-order valence-corrected chi connectivity index (χ2v) is 34.4. The number of nitrogens with two attached hydrogens (primary N) is 4. The summed E-state index contributed by atoms with van der Waals surface area (Å²) >= 11 is 0. The van der Waals surface area contributed by atoms with E-state index in [-0.39, 0.29) is 38.2 Å². The standard InChI is InChI=1S/C103H167N17O15/c1-9-13-17-21-25-29-33-37-41-47-71-132-94-79(55-51-60-87(94)128-5)75-109-117-92(122)68-65-85(100(126)119-111-77-81-57-53-62-89(130-7)96(81)134-73-49-43-39-35-31-27-23-19-15-11-3)113-91(121)67-64-84(114-98(124)83(116-103(106)107)59-45-46-70-108-102(104)105)99(125)115-86(101(127)120-112-78-82-58-54-63-90(131-8)97(82)135-74-50-44-40-36-32-28-24-20-16-12-4)66-69-93(123)118-110-76-80-56-52-61-88(129-6)95(80)133-72-48-42-38-34-30-26-22-18-14-10-2/h51-58,60-63,75-78,83-86H,9-50,59,64-74H2,1-8H3,(H,113,121)(H,114,124)(H,115,125)(H,117,122)(H,118,123)(H,119,126)(H,120,127)(H4,104,105,108)(H4,106,107,116)/b109-75+,110-76+,111-77+,112-78+/t83-,84-,85-,86-/m0/s1. The molecule has 0 heterocycles. The molecule has 0 unspecified atom stereocenters. The Hall–Kier alpha value is -11.2. The molecule has 0 saturated heterocycles. The maximum Gasteiger partial charge on any atom is 0.262 e. The number of ether oxygens (including phenoxy) is 8. The smallest absolute Gasteiger partial charge is 0.262 e. The molecule has 0 spiro atoms. The monoisotopic (exact) mass is 1880 g/mol. The van der Waals surface area contributed by atoms with Crippen molar-refractivity contribution in [2.24, 2.45) is 53.3 Å². The first-order chi connectivity index (χ1) is 65.8. The summed E-state index contributed by atoms with van der Waals surface area (Å²) in [4.78, 5) is 110. The van der Waals surface area contributed by atoms with Crippen molar-refractivity contribution in [1.29, 1.82) is 0 Å². The van der Waals surface area contributed by atoms with Gasteiger partial charge in [-0.2, -0.15) is 20.4 Å². The molecule has 4 atom stereocenters. The van der Waals surface area contributed by atoms with Crippen LogP contribution in [0.1, 0.15) is 365 Å². The molecule has 135 heavy (non-hydrogen) atoms. The van der Waals surface area contributed by atoms with Gasteiger partial charge in [-0.1, -0.05) is 283 Å². The van der Waals surface area contributed by atoms with Gasteiger partial charge in [0.15, 0.2) is 57.9 Å². The van der Waals surface area contributed by atoms with E-state index in [9.17, 15) is 28.8 Å². The highest BCUT2D eigenvalue weighted by Crippen LogP contribution is 2.35. The Kier molecular flexibility index (Phi) is 65.4. The minimum Gasteiger partial charge on any atom is -0.493 e. The first-order valence-electron chi connectivity index (χ1n) is 50.4. The highest BCUT2D eigenvalue weighted by atomic mass is 16.5. The molecular weight excluding hydrogens is 1720 g/mol. The topological polar surface area (TPSA) is 456 Å². The van der Waals surface area contributed by atoms with Gasteiger partial charge in [0.2, 0.25) is 29.5 Å². The number of nitrogens with zero attached hydrogens (tertiary/aromatic N) is 6. The van der Waals surface area contributed by atoms with Crippen molar-refractivity contribution in [2.45, 2.75) is 366 Å². The number of aliphatic imine (C=N–C) groups is 2. The summed E-state index contributed by atoms with van der Waals surface area (Å²) in [5, 5.41) is 25.3. The Bertz CT molecular complexity index is 4140. The van der Waals surface area contributed by atoms with E-state index in [2.05, 4.69) is 95.7 Å². The van der Waals surface area contributed by atoms with Crippen molar-refractivity contribution in [1.82, 2.24) is 37.7 Å². The summed E-state index contributed by atoms with van der Waals surface area (Å²) in [5.41, 5.74) is 35.2. The molecule has 4 aromatic carbocycles. The molecule has 4 rings (SSSR count). The highest BCUT2D eigenvalue weighted by Gasteiger charge is 2.32. The molecule has 0 bridgehead atoms. The molecule has 7 amide bonds. The molecule has 0 aliphatic carbocycles. The third-order valence-corrected chi connectivity index (χ3v) is 23.1. The van der Waals surface area contributed by atoms with Crippen molar-refractivity contribution < 1.29 is 71.5 Å². The van der Waals surface area contributed by atoms with Gasteiger partial charge < -0.3 is 76.8 Å². The van der Waals surface area contributed by atoms with Crippen LogP contribution in [0.25, 0.3) is 0 Å². The second-order valence-electron chi connectivity index (χ2n) is 34.4. The number of benzene rings is 4. The zero-order valence-corrected chi connectivity index (χ0v) is 82.8. The zero-order chi connectivity index (χ0) is 97.8. The first kappa shape index (κ1) is 116. The van der Waals surface area contributed by atoms with Crippen molar-refractivity contribution in [3.63, 3.8) is 0 Å². The molecule has 0 aromatic heterocycles. The minimum atomic E-state index is -1.67. The van der Waals surface area contributed by atoms with E-state index >= 15 is 4.79 Å². The maximum atomic E-state index is 15.3. The lowest BCUT2D eigenvalue weighted by Gasteiger charge is -2.24. The lowest BCUT2D eigenvalue weighted by molar-refractivity contribution is -0.133. The average Bonchev–Trinajstić information content (AvgIpc) is 0.853. The number of hydrogen-bond acceptors (Lipinski definition) is 21. The summed E-state index contributed by atoms with van der Waals surface area (Å²) in [6, 6.07) is 15.1. The summed E-state index contributed by atoms with van der Waals surface area (Å²) in [6.45, 7) is 10.7. The normalized spacial score (nSPS) is 12.2. The number of hydrazone groups is 4. The molecular formula is C103H167N17O15. The van der Waals surface area contributed by atoms with Crippen LogP contribution >= 0.6 is 0 Å².